The van der Waals surface area contributed by atoms with E-state index in [2.05, 4.69) is 0 Å². The lowest BCUT2D eigenvalue weighted by atomic mass is 10.1. The number of nitrogens with zero attached hydrogens (tertiary/aromatic N) is 1. The predicted octanol–water partition coefficient (Wildman–Crippen LogP) is 3.54. The van der Waals surface area contributed by atoms with Crippen molar-refractivity contribution in [2.75, 3.05) is 26.0 Å². The monoisotopic (exact) mass is 331 g/mol. The molecule has 0 bridgehead atoms. The van der Waals surface area contributed by atoms with Crippen LogP contribution >= 0.6 is 11.8 Å². The molecule has 0 N–H and O–H groups in total. The maximum Gasteiger partial charge on any atom is 0.227 e. The molecule has 1 atom stereocenters. The number of benzene rings is 1. The summed E-state index contributed by atoms with van der Waals surface area (Å²) in [6.07, 6.45) is 3.07. The van der Waals surface area contributed by atoms with Crippen LogP contribution in [-0.4, -0.2) is 36.8 Å². The predicted molar refractivity (Wildman–Crippen MR) is 91.8 cm³/mol. The molecule has 4 nitrogen and oxygen atoms in total. The van der Waals surface area contributed by atoms with Crippen molar-refractivity contribution >= 4 is 17.7 Å². The Morgan fingerprint density at radius 2 is 2.26 bits per heavy atom. The van der Waals surface area contributed by atoms with E-state index in [1.807, 2.05) is 53.1 Å². The Hall–Kier alpha value is -1.88. The van der Waals surface area contributed by atoms with Crippen LogP contribution in [0.5, 0.6) is 5.75 Å². The van der Waals surface area contributed by atoms with Gasteiger partial charge in [0.05, 0.1) is 25.0 Å². The standard InChI is InChI=1S/C18H21NO3S/c1-21-15-5-2-4-14(12-15)13-18(20)19-8-7-17(23-11-9-19)16-6-3-10-22-16/h2-6,10,12,17H,7-9,11,13H2,1H3. The van der Waals surface area contributed by atoms with E-state index in [4.69, 9.17) is 9.15 Å². The molecule has 3 rings (SSSR count). The Balaban J connectivity index is 1.59. The van der Waals surface area contributed by atoms with Crippen LogP contribution in [0.2, 0.25) is 0 Å². The molecule has 1 amide bonds. The largest absolute Gasteiger partial charge is 0.497 e. The molecular formula is C18H21NO3S. The van der Waals surface area contributed by atoms with E-state index in [0.29, 0.717) is 11.7 Å². The fraction of sp³-hybridized carbons (Fsp3) is 0.389. The van der Waals surface area contributed by atoms with Crippen molar-refractivity contribution in [2.45, 2.75) is 18.1 Å². The molecule has 1 aliphatic rings. The van der Waals surface area contributed by atoms with Crippen LogP contribution in [0.4, 0.5) is 0 Å². The van der Waals surface area contributed by atoms with Crippen LogP contribution in [0.15, 0.2) is 47.1 Å². The van der Waals surface area contributed by atoms with Gasteiger partial charge in [-0.3, -0.25) is 4.79 Å². The van der Waals surface area contributed by atoms with E-state index in [0.717, 1.165) is 42.3 Å². The van der Waals surface area contributed by atoms with E-state index in [1.54, 1.807) is 13.4 Å². The number of hydrogen-bond donors (Lipinski definition) is 0. The van der Waals surface area contributed by atoms with Crippen molar-refractivity contribution in [3.8, 4) is 5.75 Å². The summed E-state index contributed by atoms with van der Waals surface area (Å²) in [5.74, 6) is 2.92. The van der Waals surface area contributed by atoms with Gasteiger partial charge in [-0.1, -0.05) is 12.1 Å². The Labute approximate surface area is 140 Å². The summed E-state index contributed by atoms with van der Waals surface area (Å²) in [5, 5.41) is 0.347. The lowest BCUT2D eigenvalue weighted by Crippen LogP contribution is -2.34. The first-order chi connectivity index (χ1) is 11.3. The molecule has 1 aromatic heterocycles. The topological polar surface area (TPSA) is 42.7 Å². The number of amides is 1. The third-order valence-corrected chi connectivity index (χ3v) is 5.33. The zero-order valence-electron chi connectivity index (χ0n) is 13.2. The Morgan fingerprint density at radius 3 is 3.04 bits per heavy atom. The SMILES string of the molecule is COc1cccc(CC(=O)N2CCSC(c3ccco3)CC2)c1. The fourth-order valence-corrected chi connectivity index (χ4v) is 3.97. The molecule has 1 unspecified atom stereocenters. The van der Waals surface area contributed by atoms with Crippen LogP contribution in [0.25, 0.3) is 0 Å². The minimum Gasteiger partial charge on any atom is -0.497 e. The average Bonchev–Trinajstić information content (AvgIpc) is 2.99. The number of methoxy groups -OCH3 is 1. The van der Waals surface area contributed by atoms with Crippen molar-refractivity contribution in [1.82, 2.24) is 4.90 Å². The summed E-state index contributed by atoms with van der Waals surface area (Å²) < 4.78 is 10.7. The van der Waals surface area contributed by atoms with Crippen LogP contribution < -0.4 is 4.74 Å². The highest BCUT2D eigenvalue weighted by Crippen LogP contribution is 2.34. The van der Waals surface area contributed by atoms with Gasteiger partial charge in [0.1, 0.15) is 11.5 Å². The average molecular weight is 331 g/mol. The van der Waals surface area contributed by atoms with Crippen molar-refractivity contribution in [3.05, 3.63) is 54.0 Å². The molecule has 1 fully saturated rings. The molecule has 0 saturated carbocycles. The van der Waals surface area contributed by atoms with Gasteiger partial charge in [0.25, 0.3) is 0 Å². The van der Waals surface area contributed by atoms with Crippen molar-refractivity contribution in [1.29, 1.82) is 0 Å². The highest BCUT2D eigenvalue weighted by atomic mass is 32.2. The molecule has 2 heterocycles. The first-order valence-corrected chi connectivity index (χ1v) is 8.87. The van der Waals surface area contributed by atoms with E-state index < -0.39 is 0 Å². The summed E-state index contributed by atoms with van der Waals surface area (Å²) in [4.78, 5) is 14.5. The summed E-state index contributed by atoms with van der Waals surface area (Å²) in [6.45, 7) is 1.58. The Kier molecular flexibility index (Phi) is 5.28. The Morgan fingerprint density at radius 1 is 1.35 bits per heavy atom. The van der Waals surface area contributed by atoms with Gasteiger partial charge in [-0.15, -0.1) is 11.8 Å². The summed E-state index contributed by atoms with van der Waals surface area (Å²) in [5.41, 5.74) is 0.994. The molecule has 1 aromatic carbocycles. The van der Waals surface area contributed by atoms with E-state index in [-0.39, 0.29) is 5.91 Å². The number of carbonyl (C=O) groups is 1. The summed E-state index contributed by atoms with van der Waals surface area (Å²) in [7, 11) is 1.64. The number of hydrogen-bond acceptors (Lipinski definition) is 4. The molecule has 0 aliphatic carbocycles. The molecule has 2 aromatic rings. The van der Waals surface area contributed by atoms with Crippen molar-refractivity contribution in [3.63, 3.8) is 0 Å². The van der Waals surface area contributed by atoms with Crippen molar-refractivity contribution < 1.29 is 13.9 Å². The van der Waals surface area contributed by atoms with Gasteiger partial charge in [0.15, 0.2) is 0 Å². The van der Waals surface area contributed by atoms with Gasteiger partial charge in [-0.05, 0) is 36.2 Å². The van der Waals surface area contributed by atoms with Gasteiger partial charge in [-0.25, -0.2) is 0 Å². The zero-order valence-corrected chi connectivity index (χ0v) is 14.1. The number of thioether (sulfide) groups is 1. The summed E-state index contributed by atoms with van der Waals surface area (Å²) >= 11 is 1.87. The molecular weight excluding hydrogens is 310 g/mol. The molecule has 122 valence electrons. The first-order valence-electron chi connectivity index (χ1n) is 7.82. The molecule has 0 radical (unpaired) electrons. The minimum atomic E-state index is 0.180. The van der Waals surface area contributed by atoms with E-state index in [1.165, 1.54) is 0 Å². The zero-order chi connectivity index (χ0) is 16.1. The van der Waals surface area contributed by atoms with Gasteiger partial charge in [0.2, 0.25) is 5.91 Å². The third kappa shape index (κ3) is 4.10. The Bertz CT molecular complexity index is 641. The number of ether oxygens (including phenoxy) is 1. The second kappa shape index (κ2) is 7.59. The van der Waals surface area contributed by atoms with Gasteiger partial charge in [-0.2, -0.15) is 0 Å². The van der Waals surface area contributed by atoms with Gasteiger partial charge >= 0.3 is 0 Å². The molecule has 1 saturated heterocycles. The lowest BCUT2D eigenvalue weighted by molar-refractivity contribution is -0.130. The number of rotatable bonds is 4. The normalized spacial score (nSPS) is 18.5. The van der Waals surface area contributed by atoms with Gasteiger partial charge in [0, 0.05) is 18.8 Å². The highest BCUT2D eigenvalue weighted by molar-refractivity contribution is 7.99. The van der Waals surface area contributed by atoms with Gasteiger partial charge < -0.3 is 14.1 Å². The summed E-state index contributed by atoms with van der Waals surface area (Å²) in [6, 6.07) is 11.7. The number of furan rings is 1. The fourth-order valence-electron chi connectivity index (χ4n) is 2.79. The maximum atomic E-state index is 12.6. The second-order valence-electron chi connectivity index (χ2n) is 5.57. The third-order valence-electron chi connectivity index (χ3n) is 4.04. The van der Waals surface area contributed by atoms with E-state index in [9.17, 15) is 4.79 Å². The van der Waals surface area contributed by atoms with Crippen LogP contribution in [0.3, 0.4) is 0 Å². The van der Waals surface area contributed by atoms with Crippen LogP contribution in [-0.2, 0) is 11.2 Å². The van der Waals surface area contributed by atoms with Crippen molar-refractivity contribution in [2.24, 2.45) is 0 Å². The minimum absolute atomic E-state index is 0.180. The first kappa shape index (κ1) is 16.0. The maximum absolute atomic E-state index is 12.6. The number of carbonyl (C=O) groups excluding carboxylic acids is 1. The van der Waals surface area contributed by atoms with E-state index >= 15 is 0 Å². The lowest BCUT2D eigenvalue weighted by Gasteiger charge is -2.20. The molecule has 1 aliphatic heterocycles. The van der Waals surface area contributed by atoms with Crippen LogP contribution in [0, 0.1) is 0 Å². The highest BCUT2D eigenvalue weighted by Gasteiger charge is 2.23. The molecule has 5 heteroatoms. The quantitative estimate of drug-likeness (QED) is 0.859. The molecule has 23 heavy (non-hydrogen) atoms. The molecule has 0 spiro atoms. The smallest absolute Gasteiger partial charge is 0.227 e. The van der Waals surface area contributed by atoms with Crippen LogP contribution in [0.1, 0.15) is 23.0 Å². The second-order valence-corrected chi connectivity index (χ2v) is 6.88.